The Morgan fingerprint density at radius 1 is 1.10 bits per heavy atom. The van der Waals surface area contributed by atoms with Gasteiger partial charge in [-0.15, -0.1) is 0 Å². The van der Waals surface area contributed by atoms with Crippen LogP contribution >= 0.6 is 11.8 Å². The number of rotatable bonds is 6. The number of fused-ring (bicyclic) bond motifs is 1. The minimum absolute atomic E-state index is 0.0347. The van der Waals surface area contributed by atoms with Gasteiger partial charge in [-0.3, -0.25) is 14.2 Å². The van der Waals surface area contributed by atoms with E-state index in [-0.39, 0.29) is 17.0 Å². The number of nitrogens with zero attached hydrogens (tertiary/aromatic N) is 3. The molecule has 2 aromatic carbocycles. The van der Waals surface area contributed by atoms with Gasteiger partial charge in [-0.2, -0.15) is 0 Å². The number of hydrogen-bond donors (Lipinski definition) is 1. The molecule has 0 atom stereocenters. The molecule has 0 fully saturated rings. The number of halogens is 1. The van der Waals surface area contributed by atoms with Gasteiger partial charge in [-0.05, 0) is 36.8 Å². The van der Waals surface area contributed by atoms with Crippen molar-refractivity contribution < 1.29 is 9.18 Å². The number of pyridine rings is 1. The molecular weight excluding hydrogens is 415 g/mol. The van der Waals surface area contributed by atoms with Crippen LogP contribution < -0.4 is 10.9 Å². The summed E-state index contributed by atoms with van der Waals surface area (Å²) in [7, 11) is 0. The summed E-state index contributed by atoms with van der Waals surface area (Å²) < 4.78 is 15.3. The van der Waals surface area contributed by atoms with Gasteiger partial charge in [0.05, 0.1) is 23.4 Å². The second-order valence-corrected chi connectivity index (χ2v) is 7.91. The number of benzene rings is 2. The molecule has 0 aliphatic heterocycles. The Kier molecular flexibility index (Phi) is 6.08. The average Bonchev–Trinajstić information content (AvgIpc) is 2.77. The molecule has 8 heteroatoms. The minimum Gasteiger partial charge on any atom is -0.323 e. The van der Waals surface area contributed by atoms with Crippen LogP contribution in [-0.2, 0) is 11.3 Å². The number of carbonyl (C=O) groups is 1. The number of anilines is 1. The lowest BCUT2D eigenvalue weighted by Crippen LogP contribution is -2.25. The zero-order valence-corrected chi connectivity index (χ0v) is 17.5. The van der Waals surface area contributed by atoms with Crippen molar-refractivity contribution in [1.82, 2.24) is 14.5 Å². The van der Waals surface area contributed by atoms with Crippen LogP contribution in [0.15, 0.2) is 76.8 Å². The first-order chi connectivity index (χ1) is 15.0. The van der Waals surface area contributed by atoms with Gasteiger partial charge in [0.1, 0.15) is 5.82 Å². The van der Waals surface area contributed by atoms with Crippen molar-refractivity contribution in [3.05, 3.63) is 94.2 Å². The average molecular weight is 434 g/mol. The molecule has 0 aliphatic rings. The molecule has 4 aromatic rings. The molecule has 0 spiro atoms. The summed E-state index contributed by atoms with van der Waals surface area (Å²) in [6, 6.07) is 17.2. The molecule has 2 aromatic heterocycles. The summed E-state index contributed by atoms with van der Waals surface area (Å²) >= 11 is 1.11. The van der Waals surface area contributed by atoms with Gasteiger partial charge in [-0.25, -0.2) is 14.4 Å². The Hall–Kier alpha value is -3.52. The predicted molar refractivity (Wildman–Crippen MR) is 120 cm³/mol. The Labute approximate surface area is 182 Å². The SMILES string of the molecule is Cc1ccc(Cn2c(SCC(=O)Nc3ccccc3F)nc3ncccc3c2=O)cc1. The van der Waals surface area contributed by atoms with Crippen molar-refractivity contribution >= 4 is 34.4 Å². The van der Waals surface area contributed by atoms with E-state index in [1.54, 1.807) is 30.5 Å². The minimum atomic E-state index is -0.509. The second kappa shape index (κ2) is 9.09. The van der Waals surface area contributed by atoms with Gasteiger partial charge in [-0.1, -0.05) is 53.7 Å². The zero-order chi connectivity index (χ0) is 21.8. The first kappa shape index (κ1) is 20.7. The summed E-state index contributed by atoms with van der Waals surface area (Å²) in [5.41, 5.74) is 2.27. The molecule has 0 saturated carbocycles. The highest BCUT2D eigenvalue weighted by Gasteiger charge is 2.15. The summed E-state index contributed by atoms with van der Waals surface area (Å²) in [5.74, 6) is -0.940. The molecule has 1 N–H and O–H groups in total. The molecule has 0 saturated heterocycles. The normalized spacial score (nSPS) is 10.9. The summed E-state index contributed by atoms with van der Waals surface area (Å²) in [4.78, 5) is 34.2. The Balaban J connectivity index is 1.62. The van der Waals surface area contributed by atoms with E-state index in [0.717, 1.165) is 22.9 Å². The first-order valence-electron chi connectivity index (χ1n) is 9.59. The Morgan fingerprint density at radius 3 is 2.65 bits per heavy atom. The molecule has 1 amide bonds. The summed E-state index contributed by atoms with van der Waals surface area (Å²) in [6.07, 6.45) is 1.57. The van der Waals surface area contributed by atoms with E-state index in [9.17, 15) is 14.0 Å². The van der Waals surface area contributed by atoms with Gasteiger partial charge >= 0.3 is 0 Å². The van der Waals surface area contributed by atoms with Gasteiger partial charge < -0.3 is 5.32 Å². The lowest BCUT2D eigenvalue weighted by atomic mass is 10.1. The predicted octanol–water partition coefficient (Wildman–Crippen LogP) is 4.02. The van der Waals surface area contributed by atoms with Gasteiger partial charge in [0.15, 0.2) is 10.8 Å². The summed E-state index contributed by atoms with van der Waals surface area (Å²) in [6.45, 7) is 2.31. The molecule has 0 radical (unpaired) electrons. The van der Waals surface area contributed by atoms with Crippen molar-refractivity contribution in [3.8, 4) is 0 Å². The number of carbonyl (C=O) groups excluding carboxylic acids is 1. The zero-order valence-electron chi connectivity index (χ0n) is 16.7. The molecule has 6 nitrogen and oxygen atoms in total. The highest BCUT2D eigenvalue weighted by Crippen LogP contribution is 2.19. The highest BCUT2D eigenvalue weighted by molar-refractivity contribution is 7.99. The Morgan fingerprint density at radius 2 is 1.87 bits per heavy atom. The van der Waals surface area contributed by atoms with E-state index in [0.29, 0.717) is 22.7 Å². The van der Waals surface area contributed by atoms with Gasteiger partial charge in [0.25, 0.3) is 5.56 Å². The molecular formula is C23H19FN4O2S. The molecule has 31 heavy (non-hydrogen) atoms. The third-order valence-corrected chi connectivity index (χ3v) is 5.61. The molecule has 0 unspecified atom stereocenters. The fourth-order valence-corrected chi connectivity index (χ4v) is 3.83. The van der Waals surface area contributed by atoms with Crippen molar-refractivity contribution in [1.29, 1.82) is 0 Å². The van der Waals surface area contributed by atoms with E-state index in [4.69, 9.17) is 0 Å². The fourth-order valence-electron chi connectivity index (χ4n) is 3.04. The van der Waals surface area contributed by atoms with Crippen molar-refractivity contribution in [2.75, 3.05) is 11.1 Å². The third-order valence-electron chi connectivity index (χ3n) is 4.64. The lowest BCUT2D eigenvalue weighted by molar-refractivity contribution is -0.113. The van der Waals surface area contributed by atoms with Crippen LogP contribution in [0.25, 0.3) is 11.0 Å². The largest absolute Gasteiger partial charge is 0.323 e. The van der Waals surface area contributed by atoms with Crippen LogP contribution in [0.2, 0.25) is 0 Å². The van der Waals surface area contributed by atoms with E-state index >= 15 is 0 Å². The fraction of sp³-hybridized carbons (Fsp3) is 0.130. The van der Waals surface area contributed by atoms with Crippen molar-refractivity contribution in [2.45, 2.75) is 18.6 Å². The van der Waals surface area contributed by atoms with Crippen LogP contribution in [0.3, 0.4) is 0 Å². The number of hydrogen-bond acceptors (Lipinski definition) is 5. The first-order valence-corrected chi connectivity index (χ1v) is 10.6. The number of nitrogens with one attached hydrogen (secondary N) is 1. The van der Waals surface area contributed by atoms with E-state index < -0.39 is 11.7 Å². The van der Waals surface area contributed by atoms with Crippen LogP contribution in [0.5, 0.6) is 0 Å². The Bertz CT molecular complexity index is 1310. The maximum Gasteiger partial charge on any atom is 0.263 e. The molecule has 2 heterocycles. The second-order valence-electron chi connectivity index (χ2n) is 6.96. The maximum absolute atomic E-state index is 13.8. The monoisotopic (exact) mass is 434 g/mol. The van der Waals surface area contributed by atoms with E-state index in [2.05, 4.69) is 15.3 Å². The molecule has 0 bridgehead atoms. The van der Waals surface area contributed by atoms with Crippen LogP contribution in [-0.4, -0.2) is 26.2 Å². The van der Waals surface area contributed by atoms with Gasteiger partial charge in [0.2, 0.25) is 5.91 Å². The number of para-hydroxylation sites is 1. The van der Waals surface area contributed by atoms with Crippen molar-refractivity contribution in [3.63, 3.8) is 0 Å². The molecule has 156 valence electrons. The quantitative estimate of drug-likeness (QED) is 0.366. The van der Waals surface area contributed by atoms with Crippen LogP contribution in [0.1, 0.15) is 11.1 Å². The molecule has 4 rings (SSSR count). The number of aromatic nitrogens is 3. The third kappa shape index (κ3) is 4.80. The highest BCUT2D eigenvalue weighted by atomic mass is 32.2. The summed E-state index contributed by atoms with van der Waals surface area (Å²) in [5, 5.41) is 3.33. The number of thioether (sulfide) groups is 1. The van der Waals surface area contributed by atoms with Crippen molar-refractivity contribution in [2.24, 2.45) is 0 Å². The van der Waals surface area contributed by atoms with Gasteiger partial charge in [0, 0.05) is 6.20 Å². The van der Waals surface area contributed by atoms with E-state index in [1.165, 1.54) is 16.7 Å². The topological polar surface area (TPSA) is 76.9 Å². The van der Waals surface area contributed by atoms with Crippen LogP contribution in [0.4, 0.5) is 10.1 Å². The lowest BCUT2D eigenvalue weighted by Gasteiger charge is -2.13. The molecule has 0 aliphatic carbocycles. The van der Waals surface area contributed by atoms with Crippen LogP contribution in [0, 0.1) is 12.7 Å². The smallest absolute Gasteiger partial charge is 0.263 e. The maximum atomic E-state index is 13.8. The van der Waals surface area contributed by atoms with E-state index in [1.807, 2.05) is 31.2 Å². The number of aryl methyl sites for hydroxylation is 1. The number of amides is 1. The standard InChI is InChI=1S/C23H19FN4O2S/c1-15-8-10-16(11-9-15)13-28-22(30)17-5-4-12-25-21(17)27-23(28)31-14-20(29)26-19-7-3-2-6-18(19)24/h2-12H,13-14H2,1H3,(H,26,29).